The van der Waals surface area contributed by atoms with Crippen LogP contribution in [0, 0.1) is 0 Å². The van der Waals surface area contributed by atoms with Gasteiger partial charge in [0.15, 0.2) is 0 Å². The lowest BCUT2D eigenvalue weighted by Gasteiger charge is -2.01. The molecule has 5 heteroatoms. The van der Waals surface area contributed by atoms with E-state index in [2.05, 4.69) is 10.1 Å². The van der Waals surface area contributed by atoms with E-state index in [4.69, 9.17) is 0 Å². The van der Waals surface area contributed by atoms with Crippen LogP contribution in [0.1, 0.15) is 15.9 Å². The van der Waals surface area contributed by atoms with E-state index in [9.17, 15) is 14.4 Å². The highest BCUT2D eigenvalue weighted by molar-refractivity contribution is 6.40. The zero-order valence-corrected chi connectivity index (χ0v) is 8.57. The molecule has 0 aliphatic carbocycles. The number of fused-ring (bicyclic) bond motifs is 1. The summed E-state index contributed by atoms with van der Waals surface area (Å²) in [7, 11) is 1.15. The number of Topliss-reactive ketones (excluding diaryl/α,β-unsaturated/α-hetero) is 1. The van der Waals surface area contributed by atoms with Gasteiger partial charge in [-0.25, -0.2) is 4.79 Å². The van der Waals surface area contributed by atoms with E-state index < -0.39 is 11.8 Å². The number of rotatable bonds is 2. The number of esters is 1. The summed E-state index contributed by atoms with van der Waals surface area (Å²) in [5, 5.41) is 2.64. The van der Waals surface area contributed by atoms with Crippen molar-refractivity contribution in [3.05, 3.63) is 29.3 Å². The Morgan fingerprint density at radius 3 is 2.81 bits per heavy atom. The minimum absolute atomic E-state index is 0.113. The van der Waals surface area contributed by atoms with Crippen molar-refractivity contribution in [3.8, 4) is 0 Å². The van der Waals surface area contributed by atoms with Crippen LogP contribution in [-0.2, 0) is 20.7 Å². The van der Waals surface area contributed by atoms with Crippen molar-refractivity contribution in [2.45, 2.75) is 6.42 Å². The van der Waals surface area contributed by atoms with E-state index in [0.29, 0.717) is 5.69 Å². The first-order valence-corrected chi connectivity index (χ1v) is 4.67. The summed E-state index contributed by atoms with van der Waals surface area (Å²) >= 11 is 0. The molecule has 0 bridgehead atoms. The van der Waals surface area contributed by atoms with Crippen molar-refractivity contribution in [1.82, 2.24) is 0 Å². The summed E-state index contributed by atoms with van der Waals surface area (Å²) in [6.07, 6.45) is 0.234. The number of ether oxygens (including phenoxy) is 1. The smallest absolute Gasteiger partial charge is 0.379 e. The standard InChI is InChI=1S/C11H9NO4/c1-16-11(15)10(14)6-2-3-8-7(4-6)5-9(13)12-8/h2-4H,5H2,1H3,(H,12,13). The third-order valence-corrected chi connectivity index (χ3v) is 2.36. The molecule has 0 radical (unpaired) electrons. The average molecular weight is 219 g/mol. The molecule has 1 aromatic rings. The van der Waals surface area contributed by atoms with Crippen molar-refractivity contribution in [3.63, 3.8) is 0 Å². The van der Waals surface area contributed by atoms with Gasteiger partial charge in [-0.1, -0.05) is 0 Å². The van der Waals surface area contributed by atoms with Gasteiger partial charge < -0.3 is 10.1 Å². The number of ketones is 1. The number of carbonyl (C=O) groups is 3. The molecule has 0 spiro atoms. The Kier molecular flexibility index (Phi) is 2.44. The topological polar surface area (TPSA) is 72.5 Å². The fraction of sp³-hybridized carbons (Fsp3) is 0.182. The minimum atomic E-state index is -0.905. The number of carbonyl (C=O) groups excluding carboxylic acids is 3. The Labute approximate surface area is 91.4 Å². The number of benzene rings is 1. The van der Waals surface area contributed by atoms with Crippen LogP contribution >= 0.6 is 0 Å². The number of hydrogen-bond acceptors (Lipinski definition) is 4. The predicted octanol–water partition coefficient (Wildman–Crippen LogP) is 0.537. The van der Waals surface area contributed by atoms with Gasteiger partial charge in [-0.3, -0.25) is 9.59 Å². The Balaban J connectivity index is 2.32. The van der Waals surface area contributed by atoms with Gasteiger partial charge in [0.2, 0.25) is 5.91 Å². The van der Waals surface area contributed by atoms with Gasteiger partial charge in [0.25, 0.3) is 5.78 Å². The quantitative estimate of drug-likeness (QED) is 0.447. The number of amides is 1. The molecular weight excluding hydrogens is 210 g/mol. The van der Waals surface area contributed by atoms with Crippen LogP contribution in [0.5, 0.6) is 0 Å². The van der Waals surface area contributed by atoms with Crippen molar-refractivity contribution in [1.29, 1.82) is 0 Å². The highest BCUT2D eigenvalue weighted by Crippen LogP contribution is 2.24. The van der Waals surface area contributed by atoms with Crippen LogP contribution in [0.2, 0.25) is 0 Å². The van der Waals surface area contributed by atoms with Crippen LogP contribution in [0.15, 0.2) is 18.2 Å². The first kappa shape index (κ1) is 10.4. The largest absolute Gasteiger partial charge is 0.463 e. The number of anilines is 1. The molecule has 1 aromatic carbocycles. The van der Waals surface area contributed by atoms with Crippen molar-refractivity contribution >= 4 is 23.3 Å². The first-order chi connectivity index (χ1) is 7.61. The molecule has 1 aliphatic heterocycles. The molecule has 1 amide bonds. The fourth-order valence-electron chi connectivity index (χ4n) is 1.58. The third-order valence-electron chi connectivity index (χ3n) is 2.36. The maximum absolute atomic E-state index is 11.5. The Hall–Kier alpha value is -2.17. The molecule has 0 aromatic heterocycles. The van der Waals surface area contributed by atoms with Crippen LogP contribution in [-0.4, -0.2) is 24.8 Å². The van der Waals surface area contributed by atoms with E-state index in [1.165, 1.54) is 12.1 Å². The molecule has 1 aliphatic rings. The molecule has 5 nitrogen and oxygen atoms in total. The molecule has 0 saturated heterocycles. The minimum Gasteiger partial charge on any atom is -0.463 e. The van der Waals surface area contributed by atoms with Gasteiger partial charge in [0.05, 0.1) is 13.5 Å². The molecule has 0 unspecified atom stereocenters. The molecule has 82 valence electrons. The van der Waals surface area contributed by atoms with Crippen molar-refractivity contribution in [2.24, 2.45) is 0 Å². The van der Waals surface area contributed by atoms with Gasteiger partial charge in [0, 0.05) is 11.3 Å². The zero-order valence-electron chi connectivity index (χ0n) is 8.57. The number of methoxy groups -OCH3 is 1. The molecule has 1 heterocycles. The third kappa shape index (κ3) is 1.67. The van der Waals surface area contributed by atoms with Gasteiger partial charge in [0.1, 0.15) is 0 Å². The summed E-state index contributed by atoms with van der Waals surface area (Å²) < 4.78 is 4.34. The van der Waals surface area contributed by atoms with E-state index in [-0.39, 0.29) is 17.9 Å². The molecule has 1 N–H and O–H groups in total. The molecule has 0 fully saturated rings. The summed E-state index contributed by atoms with van der Waals surface area (Å²) in [5.74, 6) is -1.72. The summed E-state index contributed by atoms with van der Waals surface area (Å²) in [6, 6.07) is 4.63. The lowest BCUT2D eigenvalue weighted by Crippen LogP contribution is -2.15. The monoisotopic (exact) mass is 219 g/mol. The molecule has 2 rings (SSSR count). The van der Waals surface area contributed by atoms with Crippen LogP contribution in [0.3, 0.4) is 0 Å². The van der Waals surface area contributed by atoms with Gasteiger partial charge in [-0.15, -0.1) is 0 Å². The average Bonchev–Trinajstić information content (AvgIpc) is 2.65. The Bertz CT molecular complexity index is 493. The number of hydrogen-bond donors (Lipinski definition) is 1. The first-order valence-electron chi connectivity index (χ1n) is 4.67. The SMILES string of the molecule is COC(=O)C(=O)c1ccc2c(c1)CC(=O)N2. The van der Waals surface area contributed by atoms with E-state index in [1.54, 1.807) is 6.07 Å². The van der Waals surface area contributed by atoms with Gasteiger partial charge in [-0.05, 0) is 23.8 Å². The van der Waals surface area contributed by atoms with Gasteiger partial charge >= 0.3 is 5.97 Å². The maximum Gasteiger partial charge on any atom is 0.379 e. The fourth-order valence-corrected chi connectivity index (χ4v) is 1.58. The molecule has 0 atom stereocenters. The van der Waals surface area contributed by atoms with E-state index in [0.717, 1.165) is 12.7 Å². The van der Waals surface area contributed by atoms with Crippen molar-refractivity contribution < 1.29 is 19.1 Å². The lowest BCUT2D eigenvalue weighted by atomic mass is 10.1. The number of nitrogens with one attached hydrogen (secondary N) is 1. The molecular formula is C11H9NO4. The van der Waals surface area contributed by atoms with Gasteiger partial charge in [-0.2, -0.15) is 0 Å². The summed E-state index contributed by atoms with van der Waals surface area (Å²) in [6.45, 7) is 0. The second kappa shape index (κ2) is 3.77. The van der Waals surface area contributed by atoms with Crippen molar-refractivity contribution in [2.75, 3.05) is 12.4 Å². The zero-order chi connectivity index (χ0) is 11.7. The normalized spacial score (nSPS) is 12.9. The van der Waals surface area contributed by atoms with Crippen LogP contribution in [0.25, 0.3) is 0 Å². The second-order valence-electron chi connectivity index (χ2n) is 3.42. The highest BCUT2D eigenvalue weighted by atomic mass is 16.5. The van der Waals surface area contributed by atoms with E-state index in [1.807, 2.05) is 0 Å². The molecule has 0 saturated carbocycles. The van der Waals surface area contributed by atoms with E-state index >= 15 is 0 Å². The summed E-state index contributed by atoms with van der Waals surface area (Å²) in [4.78, 5) is 33.6. The molecule has 16 heavy (non-hydrogen) atoms. The Morgan fingerprint density at radius 2 is 2.12 bits per heavy atom. The van der Waals surface area contributed by atoms with Crippen LogP contribution < -0.4 is 5.32 Å². The second-order valence-corrected chi connectivity index (χ2v) is 3.42. The predicted molar refractivity (Wildman–Crippen MR) is 55.1 cm³/mol. The lowest BCUT2D eigenvalue weighted by molar-refractivity contribution is -0.135. The maximum atomic E-state index is 11.5. The highest BCUT2D eigenvalue weighted by Gasteiger charge is 2.22. The summed E-state index contributed by atoms with van der Waals surface area (Å²) in [5.41, 5.74) is 1.65. The van der Waals surface area contributed by atoms with Crippen LogP contribution in [0.4, 0.5) is 5.69 Å². The Morgan fingerprint density at radius 1 is 1.38 bits per heavy atom.